The Labute approximate surface area is 176 Å². The van der Waals surface area contributed by atoms with E-state index in [0.717, 1.165) is 41.3 Å². The van der Waals surface area contributed by atoms with E-state index < -0.39 is 0 Å². The van der Waals surface area contributed by atoms with E-state index >= 15 is 0 Å². The van der Waals surface area contributed by atoms with Gasteiger partial charge in [-0.25, -0.2) is 4.98 Å². The summed E-state index contributed by atoms with van der Waals surface area (Å²) in [6.07, 6.45) is 8.79. The van der Waals surface area contributed by atoms with Gasteiger partial charge in [0.2, 0.25) is 0 Å². The van der Waals surface area contributed by atoms with E-state index in [1.165, 1.54) is 0 Å². The quantitative estimate of drug-likeness (QED) is 0.697. The van der Waals surface area contributed by atoms with Crippen molar-refractivity contribution in [3.8, 4) is 0 Å². The first kappa shape index (κ1) is 21.3. The highest BCUT2D eigenvalue weighted by atomic mass is 35.5. The largest absolute Gasteiger partial charge is 0.378 e. The van der Waals surface area contributed by atoms with Gasteiger partial charge < -0.3 is 9.88 Å². The molecule has 2 aromatic rings. The fourth-order valence-electron chi connectivity index (χ4n) is 3.65. The van der Waals surface area contributed by atoms with Crippen molar-refractivity contribution in [3.05, 3.63) is 57.2 Å². The molecule has 1 unspecified atom stereocenters. The van der Waals surface area contributed by atoms with Crippen LogP contribution in [0.1, 0.15) is 65.0 Å². The van der Waals surface area contributed by atoms with Crippen LogP contribution in [0.25, 0.3) is 16.5 Å². The number of dihydropyridines is 1. The van der Waals surface area contributed by atoms with Gasteiger partial charge in [0, 0.05) is 41.4 Å². The highest BCUT2D eigenvalue weighted by Gasteiger charge is 2.29. The summed E-state index contributed by atoms with van der Waals surface area (Å²) >= 11 is 6.06. The highest BCUT2D eigenvalue weighted by molar-refractivity contribution is 6.30. The zero-order chi connectivity index (χ0) is 21.1. The number of nitrogens with one attached hydrogen (secondary N) is 1. The molecular weight excluding hydrogens is 386 g/mol. The van der Waals surface area contributed by atoms with Gasteiger partial charge in [-0.2, -0.15) is 0 Å². The van der Waals surface area contributed by atoms with E-state index in [-0.39, 0.29) is 23.4 Å². The molecule has 4 rings (SSSR count). The highest BCUT2D eigenvalue weighted by Crippen LogP contribution is 2.37. The Bertz CT molecular complexity index is 1050. The molecule has 2 aromatic heterocycles. The zero-order valence-electron chi connectivity index (χ0n) is 17.5. The van der Waals surface area contributed by atoms with Crippen molar-refractivity contribution < 1.29 is 4.79 Å². The Hall–Kier alpha value is -2.40. The molecule has 3 heterocycles. The molecule has 0 spiro atoms. The van der Waals surface area contributed by atoms with Crippen molar-refractivity contribution in [3.63, 3.8) is 0 Å². The smallest absolute Gasteiger partial charge is 0.259 e. The second kappa shape index (κ2) is 8.95. The van der Waals surface area contributed by atoms with E-state index in [9.17, 15) is 9.59 Å². The van der Waals surface area contributed by atoms with Gasteiger partial charge in [0.05, 0.1) is 5.52 Å². The Morgan fingerprint density at radius 2 is 2.03 bits per heavy atom. The van der Waals surface area contributed by atoms with Gasteiger partial charge >= 0.3 is 0 Å². The topological polar surface area (TPSA) is 64.0 Å². The minimum absolute atomic E-state index is 0.0219. The fourth-order valence-corrected chi connectivity index (χ4v) is 3.80. The van der Waals surface area contributed by atoms with Crippen LogP contribution in [0.15, 0.2) is 41.0 Å². The second-order valence-corrected chi connectivity index (χ2v) is 7.69. The molecule has 0 bridgehead atoms. The molecule has 0 saturated heterocycles. The van der Waals surface area contributed by atoms with Crippen LogP contribution < -0.4 is 10.9 Å². The first-order valence-corrected chi connectivity index (χ1v) is 10.8. The average Bonchev–Trinajstić information content (AvgIpc) is 3.54. The summed E-state index contributed by atoms with van der Waals surface area (Å²) < 4.78 is 1.85. The van der Waals surface area contributed by atoms with Crippen molar-refractivity contribution in [2.24, 2.45) is 0 Å². The standard InChI is InChI=1S/C21H22ClN3O2.C2H6/c1-3-4-19(26)17-7-12(2)16(11-23-17)15-8-13-10-24-20(22)9-18(13)25(21(15)27)14-5-6-14;1-2/h7-11,14,17,23H,3-6H2,1-2H3;1-2H3. The molecule has 0 radical (unpaired) electrons. The molecule has 1 aliphatic heterocycles. The first-order chi connectivity index (χ1) is 14.0. The van der Waals surface area contributed by atoms with Gasteiger partial charge in [0.15, 0.2) is 5.78 Å². The molecule has 29 heavy (non-hydrogen) atoms. The minimum atomic E-state index is -0.319. The van der Waals surface area contributed by atoms with E-state index in [1.807, 2.05) is 44.4 Å². The predicted octanol–water partition coefficient (Wildman–Crippen LogP) is 5.04. The third-order valence-corrected chi connectivity index (χ3v) is 5.39. The lowest BCUT2D eigenvalue weighted by Crippen LogP contribution is -2.34. The Morgan fingerprint density at radius 1 is 1.31 bits per heavy atom. The van der Waals surface area contributed by atoms with Crippen LogP contribution in [0.4, 0.5) is 0 Å². The van der Waals surface area contributed by atoms with Crippen molar-refractivity contribution in [2.75, 3.05) is 0 Å². The molecule has 1 aliphatic carbocycles. The number of allylic oxidation sites excluding steroid dienone is 2. The molecular formula is C23H28ClN3O2. The molecule has 6 heteroatoms. The minimum Gasteiger partial charge on any atom is -0.378 e. The number of halogens is 1. The van der Waals surface area contributed by atoms with Crippen LogP contribution >= 0.6 is 11.6 Å². The Morgan fingerprint density at radius 3 is 2.66 bits per heavy atom. The number of carbonyl (C=O) groups is 1. The summed E-state index contributed by atoms with van der Waals surface area (Å²) in [6.45, 7) is 7.94. The molecule has 0 amide bonds. The Kier molecular flexibility index (Phi) is 6.58. The van der Waals surface area contributed by atoms with E-state index in [2.05, 4.69) is 10.3 Å². The molecule has 1 fully saturated rings. The van der Waals surface area contributed by atoms with E-state index in [4.69, 9.17) is 11.6 Å². The number of ketones is 1. The van der Waals surface area contributed by atoms with E-state index in [1.54, 1.807) is 18.5 Å². The normalized spacial score (nSPS) is 18.3. The number of carbonyl (C=O) groups excluding carboxylic acids is 1. The van der Waals surface area contributed by atoms with Crippen molar-refractivity contribution in [1.82, 2.24) is 14.9 Å². The molecule has 1 N–H and O–H groups in total. The van der Waals surface area contributed by atoms with Gasteiger partial charge in [0.1, 0.15) is 11.2 Å². The van der Waals surface area contributed by atoms with Gasteiger partial charge in [-0.1, -0.05) is 38.4 Å². The number of rotatable bonds is 5. The number of Topliss-reactive ketones (excluding diaryl/α,β-unsaturated/α-hetero) is 1. The first-order valence-electron chi connectivity index (χ1n) is 10.4. The number of fused-ring (bicyclic) bond motifs is 1. The molecule has 0 aromatic carbocycles. The van der Waals surface area contributed by atoms with Crippen molar-refractivity contribution in [2.45, 2.75) is 65.5 Å². The van der Waals surface area contributed by atoms with Gasteiger partial charge in [-0.05, 0) is 43.9 Å². The number of hydrogen-bond acceptors (Lipinski definition) is 4. The van der Waals surface area contributed by atoms with Crippen LogP contribution in [-0.2, 0) is 4.79 Å². The summed E-state index contributed by atoms with van der Waals surface area (Å²) in [6, 6.07) is 3.54. The van der Waals surface area contributed by atoms with Crippen LogP contribution in [0.5, 0.6) is 0 Å². The lowest BCUT2D eigenvalue weighted by atomic mass is 9.93. The molecule has 154 valence electrons. The lowest BCUT2D eigenvalue weighted by Gasteiger charge is -2.22. The van der Waals surface area contributed by atoms with Crippen LogP contribution in [-0.4, -0.2) is 21.4 Å². The number of pyridine rings is 2. The summed E-state index contributed by atoms with van der Waals surface area (Å²) in [5, 5.41) is 4.43. The summed E-state index contributed by atoms with van der Waals surface area (Å²) in [5.41, 5.74) is 3.19. The maximum Gasteiger partial charge on any atom is 0.259 e. The molecule has 1 saturated carbocycles. The third kappa shape index (κ3) is 4.30. The maximum absolute atomic E-state index is 13.3. The number of aromatic nitrogens is 2. The maximum atomic E-state index is 13.3. The summed E-state index contributed by atoms with van der Waals surface area (Å²) in [7, 11) is 0. The summed E-state index contributed by atoms with van der Waals surface area (Å²) in [4.78, 5) is 29.6. The van der Waals surface area contributed by atoms with Crippen molar-refractivity contribution in [1.29, 1.82) is 0 Å². The number of nitrogens with zero attached hydrogens (tertiary/aromatic N) is 2. The van der Waals surface area contributed by atoms with Crippen molar-refractivity contribution >= 4 is 33.9 Å². The van der Waals surface area contributed by atoms with Gasteiger partial charge in [-0.15, -0.1) is 0 Å². The van der Waals surface area contributed by atoms with Gasteiger partial charge in [0.25, 0.3) is 5.56 Å². The molecule has 1 atom stereocenters. The zero-order valence-corrected chi connectivity index (χ0v) is 18.2. The van der Waals surface area contributed by atoms with E-state index in [0.29, 0.717) is 17.1 Å². The SMILES string of the molecule is CC.CCCC(=O)C1C=C(C)C(c2cc3cnc(Cl)cc3n(C3CC3)c2=O)=CN1. The Balaban J connectivity index is 0.00000117. The second-order valence-electron chi connectivity index (χ2n) is 7.30. The third-order valence-electron chi connectivity index (χ3n) is 5.18. The van der Waals surface area contributed by atoms with Crippen LogP contribution in [0.2, 0.25) is 5.15 Å². The predicted molar refractivity (Wildman–Crippen MR) is 119 cm³/mol. The van der Waals surface area contributed by atoms with Gasteiger partial charge in [-0.3, -0.25) is 9.59 Å². The number of hydrogen-bond donors (Lipinski definition) is 1. The van der Waals surface area contributed by atoms with Crippen LogP contribution in [0.3, 0.4) is 0 Å². The average molecular weight is 414 g/mol. The van der Waals surface area contributed by atoms with Crippen LogP contribution in [0, 0.1) is 0 Å². The fraction of sp³-hybridized carbons (Fsp3) is 0.435. The molecule has 2 aliphatic rings. The monoisotopic (exact) mass is 413 g/mol. The lowest BCUT2D eigenvalue weighted by molar-refractivity contribution is -0.119. The summed E-state index contributed by atoms with van der Waals surface area (Å²) in [5.74, 6) is 0.167. The molecule has 5 nitrogen and oxygen atoms in total.